The van der Waals surface area contributed by atoms with Gasteiger partial charge in [0, 0.05) is 26.3 Å². The normalized spacial score (nSPS) is 12.1. The van der Waals surface area contributed by atoms with Crippen LogP contribution in [-0.2, 0) is 10.0 Å². The molecule has 0 aliphatic carbocycles. The zero-order valence-corrected chi connectivity index (χ0v) is 12.2. The van der Waals surface area contributed by atoms with Crippen LogP contribution >= 0.6 is 0 Å². The second-order valence-electron chi connectivity index (χ2n) is 4.09. The Morgan fingerprint density at radius 1 is 1.39 bits per heavy atom. The van der Waals surface area contributed by atoms with Crippen LogP contribution in [0.5, 0.6) is 0 Å². The molecule has 0 amide bonds. The van der Waals surface area contributed by atoms with Crippen molar-refractivity contribution in [2.45, 2.75) is 37.6 Å². The minimum absolute atomic E-state index is 0.0138. The van der Waals surface area contributed by atoms with Crippen molar-refractivity contribution in [1.29, 1.82) is 0 Å². The average molecular weight is 271 g/mol. The fourth-order valence-corrected chi connectivity index (χ4v) is 3.59. The quantitative estimate of drug-likeness (QED) is 0.859. The monoisotopic (exact) mass is 271 g/mol. The van der Waals surface area contributed by atoms with E-state index in [4.69, 9.17) is 0 Å². The Kier molecular flexibility index (Phi) is 5.10. The molecule has 6 heteroatoms. The summed E-state index contributed by atoms with van der Waals surface area (Å²) < 4.78 is 26.5. The average Bonchev–Trinajstić information content (AvgIpc) is 2.39. The smallest absolute Gasteiger partial charge is 0.246 e. The van der Waals surface area contributed by atoms with Gasteiger partial charge in [-0.3, -0.25) is 0 Å². The number of hydrogen-bond donors (Lipinski definition) is 1. The van der Waals surface area contributed by atoms with Gasteiger partial charge in [-0.05, 0) is 25.0 Å². The van der Waals surface area contributed by atoms with Gasteiger partial charge < -0.3 is 5.32 Å². The summed E-state index contributed by atoms with van der Waals surface area (Å²) in [6.45, 7) is 3.98. The van der Waals surface area contributed by atoms with Gasteiger partial charge in [0.05, 0.1) is 0 Å². The van der Waals surface area contributed by atoms with E-state index >= 15 is 0 Å². The van der Waals surface area contributed by atoms with Crippen LogP contribution in [0.25, 0.3) is 0 Å². The van der Waals surface area contributed by atoms with E-state index in [1.54, 1.807) is 32.4 Å². The molecule has 0 fully saturated rings. The van der Waals surface area contributed by atoms with Crippen LogP contribution in [0.3, 0.4) is 0 Å². The Balaban J connectivity index is 3.21. The maximum absolute atomic E-state index is 12.5. The summed E-state index contributed by atoms with van der Waals surface area (Å²) in [7, 11) is -0.207. The summed E-state index contributed by atoms with van der Waals surface area (Å²) in [5.74, 6) is 0.385. The van der Waals surface area contributed by atoms with Crippen molar-refractivity contribution in [3.05, 3.63) is 18.3 Å². The molecule has 0 spiro atoms. The van der Waals surface area contributed by atoms with E-state index in [2.05, 4.69) is 10.3 Å². The van der Waals surface area contributed by atoms with Crippen molar-refractivity contribution < 1.29 is 8.42 Å². The lowest BCUT2D eigenvalue weighted by molar-refractivity contribution is 0.350. The van der Waals surface area contributed by atoms with Crippen molar-refractivity contribution in [1.82, 2.24) is 9.29 Å². The second-order valence-corrected chi connectivity index (χ2v) is 6.06. The molecule has 0 bridgehead atoms. The zero-order chi connectivity index (χ0) is 13.8. The summed E-state index contributed by atoms with van der Waals surface area (Å²) in [6.07, 6.45) is 3.16. The molecule has 0 aliphatic heterocycles. The lowest BCUT2D eigenvalue weighted by Gasteiger charge is -2.26. The summed E-state index contributed by atoms with van der Waals surface area (Å²) in [5, 5.41) is 2.81. The molecule has 0 saturated heterocycles. The van der Waals surface area contributed by atoms with E-state index < -0.39 is 10.0 Å². The molecule has 0 aromatic carbocycles. The highest BCUT2D eigenvalue weighted by Crippen LogP contribution is 2.24. The molecular weight excluding hydrogens is 250 g/mol. The Bertz CT molecular complexity index is 484. The van der Waals surface area contributed by atoms with Crippen LogP contribution in [0.4, 0.5) is 5.82 Å². The number of nitrogens with one attached hydrogen (secondary N) is 1. The van der Waals surface area contributed by atoms with E-state index in [0.717, 1.165) is 12.8 Å². The fourth-order valence-electron chi connectivity index (χ4n) is 1.94. The van der Waals surface area contributed by atoms with Crippen molar-refractivity contribution >= 4 is 15.8 Å². The molecule has 0 unspecified atom stereocenters. The Hall–Kier alpha value is -1.14. The molecule has 0 radical (unpaired) electrons. The van der Waals surface area contributed by atoms with Gasteiger partial charge in [-0.1, -0.05) is 13.8 Å². The van der Waals surface area contributed by atoms with Gasteiger partial charge in [0.1, 0.15) is 10.7 Å². The first-order valence-electron chi connectivity index (χ1n) is 6.09. The standard InChI is InChI=1S/C12H21N3O2S/c1-5-10(6-2)15(4)18(16,17)11-8-7-9-14-12(11)13-3/h7-10H,5-6H2,1-4H3,(H,13,14). The lowest BCUT2D eigenvalue weighted by atomic mass is 10.2. The number of hydrogen-bond acceptors (Lipinski definition) is 4. The largest absolute Gasteiger partial charge is 0.372 e. The highest BCUT2D eigenvalue weighted by Gasteiger charge is 2.28. The number of pyridine rings is 1. The lowest BCUT2D eigenvalue weighted by Crippen LogP contribution is -2.36. The van der Waals surface area contributed by atoms with E-state index in [0.29, 0.717) is 5.82 Å². The summed E-state index contributed by atoms with van der Waals surface area (Å²) >= 11 is 0. The SMILES string of the molecule is CCC(CC)N(C)S(=O)(=O)c1cccnc1NC. The molecule has 1 heterocycles. The molecule has 0 atom stereocenters. The van der Waals surface area contributed by atoms with Crippen molar-refractivity contribution in [2.75, 3.05) is 19.4 Å². The molecule has 1 aromatic heterocycles. The van der Waals surface area contributed by atoms with Crippen molar-refractivity contribution in [2.24, 2.45) is 0 Å². The number of sulfonamides is 1. The van der Waals surface area contributed by atoms with Crippen LogP contribution in [0.2, 0.25) is 0 Å². The first-order valence-corrected chi connectivity index (χ1v) is 7.53. The minimum atomic E-state index is -3.50. The van der Waals surface area contributed by atoms with Crippen LogP contribution in [0.15, 0.2) is 23.2 Å². The maximum atomic E-state index is 12.5. The Labute approximate surface area is 109 Å². The van der Waals surface area contributed by atoms with Crippen LogP contribution in [0, 0.1) is 0 Å². The number of nitrogens with zero attached hydrogens (tertiary/aromatic N) is 2. The third kappa shape index (κ3) is 2.81. The Morgan fingerprint density at radius 2 is 2.00 bits per heavy atom. The van der Waals surface area contributed by atoms with Gasteiger partial charge in [-0.2, -0.15) is 4.31 Å². The number of anilines is 1. The van der Waals surface area contributed by atoms with Crippen molar-refractivity contribution in [3.63, 3.8) is 0 Å². The van der Waals surface area contributed by atoms with Crippen LogP contribution < -0.4 is 5.32 Å². The van der Waals surface area contributed by atoms with E-state index in [1.807, 2.05) is 13.8 Å². The highest BCUT2D eigenvalue weighted by molar-refractivity contribution is 7.89. The fraction of sp³-hybridized carbons (Fsp3) is 0.583. The predicted octanol–water partition coefficient (Wildman–Crippen LogP) is 1.93. The molecule has 1 aromatic rings. The number of aromatic nitrogens is 1. The van der Waals surface area contributed by atoms with Gasteiger partial charge in [0.25, 0.3) is 0 Å². The molecule has 1 rings (SSSR count). The zero-order valence-electron chi connectivity index (χ0n) is 11.3. The summed E-state index contributed by atoms with van der Waals surface area (Å²) in [4.78, 5) is 4.26. The molecule has 0 aliphatic rings. The minimum Gasteiger partial charge on any atom is -0.372 e. The topological polar surface area (TPSA) is 62.3 Å². The summed E-state index contributed by atoms with van der Waals surface area (Å²) in [5.41, 5.74) is 0. The van der Waals surface area contributed by atoms with Crippen molar-refractivity contribution in [3.8, 4) is 0 Å². The molecule has 1 N–H and O–H groups in total. The first-order chi connectivity index (χ1) is 8.48. The highest BCUT2D eigenvalue weighted by atomic mass is 32.2. The van der Waals surface area contributed by atoms with Gasteiger partial charge >= 0.3 is 0 Å². The molecule has 0 saturated carbocycles. The molecule has 102 valence electrons. The Morgan fingerprint density at radius 3 is 2.50 bits per heavy atom. The summed E-state index contributed by atoms with van der Waals surface area (Å²) in [6, 6.07) is 3.22. The first kappa shape index (κ1) is 14.9. The predicted molar refractivity (Wildman–Crippen MR) is 73.1 cm³/mol. The maximum Gasteiger partial charge on any atom is 0.246 e. The van der Waals surface area contributed by atoms with Crippen LogP contribution in [0.1, 0.15) is 26.7 Å². The second kappa shape index (κ2) is 6.15. The molecular formula is C12H21N3O2S. The van der Waals surface area contributed by atoms with Crippen LogP contribution in [-0.4, -0.2) is 37.8 Å². The van der Waals surface area contributed by atoms with E-state index in [9.17, 15) is 8.42 Å². The number of rotatable bonds is 6. The van der Waals surface area contributed by atoms with E-state index in [-0.39, 0.29) is 10.9 Å². The van der Waals surface area contributed by atoms with E-state index in [1.165, 1.54) is 4.31 Å². The van der Waals surface area contributed by atoms with Gasteiger partial charge in [0.15, 0.2) is 0 Å². The van der Waals surface area contributed by atoms with Gasteiger partial charge in [0.2, 0.25) is 10.0 Å². The third-order valence-corrected chi connectivity index (χ3v) is 5.06. The molecule has 5 nitrogen and oxygen atoms in total. The van der Waals surface area contributed by atoms with Gasteiger partial charge in [-0.15, -0.1) is 0 Å². The third-order valence-electron chi connectivity index (χ3n) is 3.12. The van der Waals surface area contributed by atoms with Gasteiger partial charge in [-0.25, -0.2) is 13.4 Å². The molecule has 18 heavy (non-hydrogen) atoms.